The first-order valence-electron chi connectivity index (χ1n) is 40.5. The fourth-order valence-corrected chi connectivity index (χ4v) is 14.5. The Balaban J connectivity index is 0.000000142. The van der Waals surface area contributed by atoms with Crippen LogP contribution in [0.5, 0.6) is 0 Å². The van der Waals surface area contributed by atoms with Crippen LogP contribution < -0.4 is 18.3 Å². The topological polar surface area (TPSA) is 67.6 Å². The van der Waals surface area contributed by atoms with Gasteiger partial charge >= 0.3 is 0 Å². The van der Waals surface area contributed by atoms with E-state index in [4.69, 9.17) is 24.8 Å². The quantitative estimate of drug-likeness (QED) is 0.128. The Bertz CT molecular complexity index is 6170. The second kappa shape index (κ2) is 29.9. The molecule has 0 aliphatic rings. The first-order valence-corrected chi connectivity index (χ1v) is 36.5. The van der Waals surface area contributed by atoms with Crippen molar-refractivity contribution in [2.75, 3.05) is 0 Å². The number of nitrogens with zero attached hydrogens (tertiary/aromatic N) is 6. The molecule has 104 heavy (non-hydrogen) atoms. The average molecular weight is 1390 g/mol. The molecule has 8 nitrogen and oxygen atoms in total. The molecule has 8 aromatic heterocycles. The van der Waals surface area contributed by atoms with Gasteiger partial charge < -0.3 is 8.83 Å². The smallest absolute Gasteiger partial charge is 0.227 e. The van der Waals surface area contributed by atoms with Crippen LogP contribution in [0.3, 0.4) is 0 Å². The largest absolute Gasteiger partial charge is 0.437 e. The number of pyridine rings is 6. The van der Waals surface area contributed by atoms with E-state index in [9.17, 15) is 0 Å². The van der Waals surface area contributed by atoms with Crippen LogP contribution >= 0.6 is 0 Å². The summed E-state index contributed by atoms with van der Waals surface area (Å²) in [5.41, 5.74) is 24.6. The molecule has 15 rings (SSSR count). The van der Waals surface area contributed by atoms with E-state index >= 15 is 0 Å². The second-order valence-corrected chi connectivity index (χ2v) is 30.9. The molecule has 8 heteroatoms. The summed E-state index contributed by atoms with van der Waals surface area (Å²) in [5.74, 6) is -0.264. The van der Waals surface area contributed by atoms with Gasteiger partial charge in [0.15, 0.2) is 23.6 Å². The van der Waals surface area contributed by atoms with Crippen molar-refractivity contribution >= 4 is 76.7 Å². The molecule has 0 amide bonds. The van der Waals surface area contributed by atoms with Gasteiger partial charge in [-0.25, -0.2) is 19.1 Å². The number of rotatable bonds is 10. The molecule has 7 aromatic carbocycles. The molecule has 15 aromatic rings. The normalized spacial score (nSPS) is 13.6. The molecule has 0 aliphatic carbocycles. The van der Waals surface area contributed by atoms with Crippen LogP contribution in [-0.4, -0.2) is 9.97 Å². The lowest BCUT2D eigenvalue weighted by molar-refractivity contribution is -0.661. The van der Waals surface area contributed by atoms with E-state index < -0.39 is 36.3 Å². The zero-order valence-corrected chi connectivity index (χ0v) is 65.1. The molecule has 0 radical (unpaired) electrons. The molecule has 530 valence electrons. The zero-order chi connectivity index (χ0) is 81.5. The summed E-state index contributed by atoms with van der Waals surface area (Å²) in [5, 5.41) is 8.41. The number of benzene rings is 7. The van der Waals surface area contributed by atoms with Gasteiger partial charge in [-0.2, -0.15) is 9.13 Å². The summed E-state index contributed by atoms with van der Waals surface area (Å²) < 4.78 is 89.9. The summed E-state index contributed by atoms with van der Waals surface area (Å²) in [6.45, 7) is 35.9. The molecule has 0 saturated carbocycles. The fraction of sp³-hybridized carbons (Fsp3) is 0.312. The van der Waals surface area contributed by atoms with Gasteiger partial charge in [-0.1, -0.05) is 154 Å². The van der Waals surface area contributed by atoms with Gasteiger partial charge in [-0.3, -0.25) is 0 Å². The minimum Gasteiger partial charge on any atom is -0.437 e. The van der Waals surface area contributed by atoms with Crippen molar-refractivity contribution in [1.29, 1.82) is 0 Å². The SMILES string of the molecule is [2H]C([2H])(c1c[n+](C)c(-c2ccccc2C)cc1C)C(C)(C)C.[2H]C([2H])(c1ccc(-c2ccccc2C)[n+](C)c1)C(C)(C)C.[2H]C([2H])(c1cccc2c1ccc(-c1c(C)c(C)cc3c1oc1nc(C)ccc13)[n+]2C)C(C)C.[2H]C([2H])(c1cccc2c1ccc(-c1c(C)c3ccccc3c3c1oc1nc(C)ccc13)[n+]2C)C(C)C. The van der Waals surface area contributed by atoms with Crippen molar-refractivity contribution in [1.82, 2.24) is 9.97 Å². The van der Waals surface area contributed by atoms with E-state index in [0.29, 0.717) is 11.4 Å². The highest BCUT2D eigenvalue weighted by Crippen LogP contribution is 2.44. The van der Waals surface area contributed by atoms with Gasteiger partial charge in [0.25, 0.3) is 0 Å². The zero-order valence-electron chi connectivity index (χ0n) is 73.1. The van der Waals surface area contributed by atoms with E-state index in [-0.39, 0.29) is 11.8 Å². The average Bonchev–Trinajstić information content (AvgIpc) is 1.54. The van der Waals surface area contributed by atoms with Gasteiger partial charge in [0.05, 0.1) is 11.1 Å². The molecule has 0 aliphatic heterocycles. The molecular formula is C96H108N6O2+4. The standard InChI is InChI=1S/C31H29N2O.C28H29N2O.C19H26N.C18H24N/c1-18(2)17-21-9-8-12-26-23(21)15-16-27(33(26)5)28-20(4)22-10-6-7-11-24(22)29-25-14-13-19(3)32-31(25)34-30(28)29;1-16(2)14-20-8-7-9-24-21(20)12-13-25(30(24)6)26-19(5)17(3)15-23-22-11-10-18(4)29-28(22)31-27(23)26;1-14-9-7-8-10-17(14)18-11-15(2)16(13-20(18)6)12-19(3,4)5;1-14-8-6-7-9-16(14)17-11-10-15(13-19(17)5)12-18(2,3)4/h6-16,18H,17H2,1-5H3;7-13,15-16H,14H2,1-6H3;7-11,13H,12H2,1-6H3;6-11,13H,12H2,1-5H3/q4*+1/i17D2;14D2;2*12D2. The van der Waals surface area contributed by atoms with Crippen LogP contribution in [0.25, 0.3) is 122 Å². The maximum absolute atomic E-state index is 8.74. The van der Waals surface area contributed by atoms with Gasteiger partial charge in [-0.05, 0) is 219 Å². The Morgan fingerprint density at radius 2 is 0.856 bits per heavy atom. The Morgan fingerprint density at radius 3 is 1.39 bits per heavy atom. The van der Waals surface area contributed by atoms with Crippen molar-refractivity contribution in [3.05, 3.63) is 261 Å². The van der Waals surface area contributed by atoms with E-state index in [1.807, 2.05) is 205 Å². The van der Waals surface area contributed by atoms with Gasteiger partial charge in [-0.15, -0.1) is 0 Å². The molecule has 0 atom stereocenters. The number of hydrogen-bond acceptors (Lipinski definition) is 4. The number of hydrogen-bond donors (Lipinski definition) is 0. The first-order chi connectivity index (χ1) is 52.5. The Labute approximate surface area is 629 Å². The van der Waals surface area contributed by atoms with Crippen LogP contribution in [0, 0.1) is 78.1 Å². The second-order valence-electron chi connectivity index (χ2n) is 30.9. The molecule has 0 bridgehead atoms. The molecule has 0 fully saturated rings. The molecule has 0 unspecified atom stereocenters. The lowest BCUT2D eigenvalue weighted by Gasteiger charge is -2.19. The lowest BCUT2D eigenvalue weighted by Crippen LogP contribution is -2.32. The highest BCUT2D eigenvalue weighted by molar-refractivity contribution is 6.23. The van der Waals surface area contributed by atoms with Crippen molar-refractivity contribution < 1.29 is 38.1 Å². The van der Waals surface area contributed by atoms with Crippen LogP contribution in [0.4, 0.5) is 0 Å². The minimum absolute atomic E-state index is 0.127. The van der Waals surface area contributed by atoms with Crippen LogP contribution in [0.2, 0.25) is 0 Å². The van der Waals surface area contributed by atoms with E-state index in [1.165, 1.54) is 38.8 Å². The summed E-state index contributed by atoms with van der Waals surface area (Å²) >= 11 is 0. The molecule has 8 heterocycles. The summed E-state index contributed by atoms with van der Waals surface area (Å²) in [6, 6.07) is 61.7. The third-order valence-electron chi connectivity index (χ3n) is 19.5. The first kappa shape index (κ1) is 63.5. The van der Waals surface area contributed by atoms with Gasteiger partial charge in [0.1, 0.15) is 28.2 Å². The van der Waals surface area contributed by atoms with Crippen LogP contribution in [0.1, 0.15) is 147 Å². The van der Waals surface area contributed by atoms with Crippen LogP contribution in [0.15, 0.2) is 203 Å². The molecule has 0 saturated heterocycles. The maximum atomic E-state index is 8.74. The molecular weight excluding hydrogens is 1270 g/mol. The Morgan fingerprint density at radius 1 is 0.385 bits per heavy atom. The van der Waals surface area contributed by atoms with Gasteiger partial charge in [0.2, 0.25) is 45.2 Å². The number of aromatic nitrogens is 6. The summed E-state index contributed by atoms with van der Waals surface area (Å²) in [6.07, 6.45) is -1.73. The predicted molar refractivity (Wildman–Crippen MR) is 436 cm³/mol. The lowest BCUT2D eigenvalue weighted by atomic mass is 9.87. The van der Waals surface area contributed by atoms with Crippen molar-refractivity contribution in [2.45, 2.75) is 150 Å². The predicted octanol–water partition coefficient (Wildman–Crippen LogP) is 22.8. The van der Waals surface area contributed by atoms with Crippen LogP contribution in [-0.2, 0) is 53.7 Å². The molecule has 0 spiro atoms. The Kier molecular flexibility index (Phi) is 18.2. The maximum Gasteiger partial charge on any atom is 0.227 e. The Hall–Kier alpha value is -10.2. The fourth-order valence-electron chi connectivity index (χ4n) is 14.5. The third kappa shape index (κ3) is 15.4. The summed E-state index contributed by atoms with van der Waals surface area (Å²) in [7, 11) is 8.07. The molecule has 0 N–H and O–H groups in total. The van der Waals surface area contributed by atoms with E-state index in [1.54, 1.807) is 0 Å². The highest BCUT2D eigenvalue weighted by Gasteiger charge is 2.29. The van der Waals surface area contributed by atoms with E-state index in [0.717, 1.165) is 139 Å². The minimum atomic E-state index is -1.43. The summed E-state index contributed by atoms with van der Waals surface area (Å²) in [4.78, 5) is 9.32. The van der Waals surface area contributed by atoms with Crippen molar-refractivity contribution in [2.24, 2.45) is 50.9 Å². The number of aryl methyl sites for hydroxylation is 11. The highest BCUT2D eigenvalue weighted by atomic mass is 16.3. The van der Waals surface area contributed by atoms with Gasteiger partial charge in [0, 0.05) is 113 Å². The monoisotopic (exact) mass is 1380 g/mol. The number of fused-ring (bicyclic) bond motifs is 10. The van der Waals surface area contributed by atoms with E-state index in [2.05, 4.69) is 165 Å². The van der Waals surface area contributed by atoms with Crippen molar-refractivity contribution in [3.63, 3.8) is 0 Å². The third-order valence-corrected chi connectivity index (χ3v) is 19.5. The van der Waals surface area contributed by atoms with Crippen molar-refractivity contribution in [3.8, 4) is 45.0 Å². The number of furan rings is 2.